The van der Waals surface area contributed by atoms with Crippen LogP contribution in [-0.4, -0.2) is 24.5 Å². The van der Waals surface area contributed by atoms with Gasteiger partial charge in [-0.05, 0) is 43.5 Å². The van der Waals surface area contributed by atoms with E-state index in [1.165, 1.54) is 19.5 Å². The third-order valence-electron chi connectivity index (χ3n) is 3.46. The van der Waals surface area contributed by atoms with Crippen molar-refractivity contribution < 1.29 is 4.42 Å². The molecule has 3 heteroatoms. The molecule has 1 fully saturated rings. The molecule has 0 bridgehead atoms. The summed E-state index contributed by atoms with van der Waals surface area (Å²) in [6.07, 6.45) is 1.32. The highest BCUT2D eigenvalue weighted by molar-refractivity contribution is 5.07. The van der Waals surface area contributed by atoms with Crippen molar-refractivity contribution in [2.24, 2.45) is 11.8 Å². The van der Waals surface area contributed by atoms with Gasteiger partial charge in [0.05, 0.1) is 13.1 Å². The minimum absolute atomic E-state index is 0.686. The molecule has 0 aliphatic carbocycles. The maximum atomic E-state index is 5.86. The lowest BCUT2D eigenvalue weighted by atomic mass is 10.2. The van der Waals surface area contributed by atoms with Gasteiger partial charge in [-0.2, -0.15) is 0 Å². The van der Waals surface area contributed by atoms with Gasteiger partial charge < -0.3 is 9.73 Å². The third-order valence-corrected chi connectivity index (χ3v) is 3.46. The highest BCUT2D eigenvalue weighted by Gasteiger charge is 2.19. The van der Waals surface area contributed by atoms with Crippen molar-refractivity contribution in [3.63, 3.8) is 0 Å². The molecular formula is C15H26N2O. The van der Waals surface area contributed by atoms with Gasteiger partial charge in [-0.15, -0.1) is 0 Å². The molecule has 102 valence electrons. The van der Waals surface area contributed by atoms with Gasteiger partial charge in [0.15, 0.2) is 0 Å². The molecule has 3 nitrogen and oxygen atoms in total. The first-order valence-electron chi connectivity index (χ1n) is 7.14. The Labute approximate surface area is 111 Å². The SMILES string of the molecule is CC(C)CNCc1ccc(CN2CCC(C)C2)o1. The molecule has 0 aromatic carbocycles. The molecule has 0 spiro atoms. The van der Waals surface area contributed by atoms with Crippen LogP contribution in [0.5, 0.6) is 0 Å². The first-order valence-corrected chi connectivity index (χ1v) is 7.14. The smallest absolute Gasteiger partial charge is 0.118 e. The minimum atomic E-state index is 0.686. The van der Waals surface area contributed by atoms with Gasteiger partial charge in [-0.25, -0.2) is 0 Å². The van der Waals surface area contributed by atoms with Gasteiger partial charge >= 0.3 is 0 Å². The summed E-state index contributed by atoms with van der Waals surface area (Å²) in [5.41, 5.74) is 0. The Morgan fingerprint density at radius 1 is 1.39 bits per heavy atom. The van der Waals surface area contributed by atoms with Gasteiger partial charge in [-0.3, -0.25) is 4.90 Å². The summed E-state index contributed by atoms with van der Waals surface area (Å²) in [4.78, 5) is 2.48. The topological polar surface area (TPSA) is 28.4 Å². The zero-order valence-corrected chi connectivity index (χ0v) is 11.9. The van der Waals surface area contributed by atoms with E-state index in [-0.39, 0.29) is 0 Å². The average molecular weight is 250 g/mol. The average Bonchev–Trinajstić information content (AvgIpc) is 2.89. The Hall–Kier alpha value is -0.800. The highest BCUT2D eigenvalue weighted by atomic mass is 16.3. The molecule has 2 heterocycles. The minimum Gasteiger partial charge on any atom is -0.463 e. The number of likely N-dealkylation sites (tertiary alicyclic amines) is 1. The van der Waals surface area contributed by atoms with Crippen LogP contribution in [0, 0.1) is 11.8 Å². The van der Waals surface area contributed by atoms with Gasteiger partial charge in [0.2, 0.25) is 0 Å². The van der Waals surface area contributed by atoms with Crippen LogP contribution in [0.1, 0.15) is 38.7 Å². The van der Waals surface area contributed by atoms with Crippen LogP contribution in [0.25, 0.3) is 0 Å². The normalized spacial score (nSPS) is 21.0. The zero-order chi connectivity index (χ0) is 13.0. The second-order valence-corrected chi connectivity index (χ2v) is 6.02. The maximum absolute atomic E-state index is 5.86. The number of nitrogens with zero attached hydrogens (tertiary/aromatic N) is 1. The molecule has 1 atom stereocenters. The number of rotatable bonds is 6. The van der Waals surface area contributed by atoms with Gasteiger partial charge in [0, 0.05) is 6.54 Å². The number of hydrogen-bond donors (Lipinski definition) is 1. The molecule has 1 N–H and O–H groups in total. The molecule has 1 saturated heterocycles. The van der Waals surface area contributed by atoms with Crippen LogP contribution < -0.4 is 5.32 Å². The second-order valence-electron chi connectivity index (χ2n) is 6.02. The van der Waals surface area contributed by atoms with Crippen LogP contribution in [0.2, 0.25) is 0 Å². The molecular weight excluding hydrogens is 224 g/mol. The standard InChI is InChI=1S/C15H26N2O/c1-12(2)8-16-9-14-4-5-15(18-14)11-17-7-6-13(3)10-17/h4-5,12-13,16H,6-11H2,1-3H3. The lowest BCUT2D eigenvalue weighted by Crippen LogP contribution is -2.19. The van der Waals surface area contributed by atoms with Gasteiger partial charge in [0.1, 0.15) is 11.5 Å². The monoisotopic (exact) mass is 250 g/mol. The molecule has 0 saturated carbocycles. The fourth-order valence-corrected chi connectivity index (χ4v) is 2.48. The van der Waals surface area contributed by atoms with E-state index in [1.807, 2.05) is 0 Å². The number of hydrogen-bond acceptors (Lipinski definition) is 3. The maximum Gasteiger partial charge on any atom is 0.118 e. The highest BCUT2D eigenvalue weighted by Crippen LogP contribution is 2.18. The fraction of sp³-hybridized carbons (Fsp3) is 0.733. The zero-order valence-electron chi connectivity index (χ0n) is 11.9. The van der Waals surface area contributed by atoms with E-state index in [0.29, 0.717) is 5.92 Å². The first-order chi connectivity index (χ1) is 8.63. The van der Waals surface area contributed by atoms with E-state index >= 15 is 0 Å². The fourth-order valence-electron chi connectivity index (χ4n) is 2.48. The molecule has 1 aliphatic heterocycles. The van der Waals surface area contributed by atoms with Gasteiger partial charge in [0.25, 0.3) is 0 Å². The molecule has 1 aliphatic rings. The lowest BCUT2D eigenvalue weighted by molar-refractivity contribution is 0.283. The summed E-state index contributed by atoms with van der Waals surface area (Å²) in [5, 5.41) is 3.41. The van der Waals surface area contributed by atoms with Crippen LogP contribution >= 0.6 is 0 Å². The molecule has 2 rings (SSSR count). The Balaban J connectivity index is 1.75. The van der Waals surface area contributed by atoms with Crippen molar-refractivity contribution in [1.82, 2.24) is 10.2 Å². The van der Waals surface area contributed by atoms with E-state index in [1.54, 1.807) is 0 Å². The van der Waals surface area contributed by atoms with Crippen molar-refractivity contribution in [2.75, 3.05) is 19.6 Å². The molecule has 18 heavy (non-hydrogen) atoms. The Bertz CT molecular complexity index is 359. The molecule has 1 aromatic rings. The van der Waals surface area contributed by atoms with Gasteiger partial charge in [-0.1, -0.05) is 20.8 Å². The van der Waals surface area contributed by atoms with E-state index in [2.05, 4.69) is 43.1 Å². The van der Waals surface area contributed by atoms with Crippen molar-refractivity contribution in [3.05, 3.63) is 23.7 Å². The molecule has 1 aromatic heterocycles. The van der Waals surface area contributed by atoms with Crippen molar-refractivity contribution >= 4 is 0 Å². The quantitative estimate of drug-likeness (QED) is 0.841. The summed E-state index contributed by atoms with van der Waals surface area (Å²) >= 11 is 0. The third kappa shape index (κ3) is 4.14. The van der Waals surface area contributed by atoms with Crippen LogP contribution in [0.15, 0.2) is 16.5 Å². The Morgan fingerprint density at radius 3 is 2.83 bits per heavy atom. The Kier molecular flexibility index (Phi) is 4.84. The second kappa shape index (κ2) is 6.39. The molecule has 1 unspecified atom stereocenters. The largest absolute Gasteiger partial charge is 0.463 e. The first kappa shape index (κ1) is 13.6. The molecule has 0 amide bonds. The number of nitrogens with one attached hydrogen (secondary N) is 1. The summed E-state index contributed by atoms with van der Waals surface area (Å²) in [6.45, 7) is 12.0. The Morgan fingerprint density at radius 2 is 2.17 bits per heavy atom. The van der Waals surface area contributed by atoms with E-state index < -0.39 is 0 Å². The van der Waals surface area contributed by atoms with Crippen molar-refractivity contribution in [3.8, 4) is 0 Å². The molecule has 0 radical (unpaired) electrons. The predicted octanol–water partition coefficient (Wildman–Crippen LogP) is 2.87. The van der Waals surface area contributed by atoms with Crippen LogP contribution in [0.3, 0.4) is 0 Å². The van der Waals surface area contributed by atoms with E-state index in [0.717, 1.165) is 37.1 Å². The summed E-state index contributed by atoms with van der Waals surface area (Å²) in [7, 11) is 0. The lowest BCUT2D eigenvalue weighted by Gasteiger charge is -2.12. The van der Waals surface area contributed by atoms with E-state index in [4.69, 9.17) is 4.42 Å². The van der Waals surface area contributed by atoms with Crippen LogP contribution in [-0.2, 0) is 13.1 Å². The number of furan rings is 1. The van der Waals surface area contributed by atoms with E-state index in [9.17, 15) is 0 Å². The summed E-state index contributed by atoms with van der Waals surface area (Å²) in [6, 6.07) is 4.22. The summed E-state index contributed by atoms with van der Waals surface area (Å²) in [5.74, 6) is 3.68. The van der Waals surface area contributed by atoms with Crippen molar-refractivity contribution in [2.45, 2.75) is 40.3 Å². The van der Waals surface area contributed by atoms with Crippen LogP contribution in [0.4, 0.5) is 0 Å². The summed E-state index contributed by atoms with van der Waals surface area (Å²) < 4.78 is 5.86. The van der Waals surface area contributed by atoms with Crippen molar-refractivity contribution in [1.29, 1.82) is 0 Å². The predicted molar refractivity (Wildman–Crippen MR) is 74.3 cm³/mol.